The number of anilines is 1. The number of ether oxygens (including phenoxy) is 2. The largest absolute Gasteiger partial charge is 0.490 e. The Labute approximate surface area is 232 Å². The second kappa shape index (κ2) is 8.87. The highest BCUT2D eigenvalue weighted by Gasteiger charge is 2.45. The van der Waals surface area contributed by atoms with E-state index in [4.69, 9.17) is 14.5 Å². The molecule has 1 amide bonds. The molecule has 1 atom stereocenters. The van der Waals surface area contributed by atoms with Crippen LogP contribution in [0.4, 0.5) is 14.9 Å². The molecule has 2 aromatic heterocycles. The van der Waals surface area contributed by atoms with Gasteiger partial charge in [0, 0.05) is 29.0 Å². The molecule has 208 valence electrons. The highest BCUT2D eigenvalue weighted by Crippen LogP contribution is 2.47. The summed E-state index contributed by atoms with van der Waals surface area (Å²) in [6.07, 6.45) is -0.880. The molecule has 0 spiro atoms. The minimum Gasteiger partial charge on any atom is -0.490 e. The number of carboxylic acid groups (broad SMARTS) is 1. The van der Waals surface area contributed by atoms with E-state index < -0.39 is 29.0 Å². The summed E-state index contributed by atoms with van der Waals surface area (Å²) in [5.74, 6) is -1.53. The number of fused-ring (bicyclic) bond motifs is 5. The van der Waals surface area contributed by atoms with Crippen molar-refractivity contribution in [2.45, 2.75) is 45.1 Å². The number of benzene rings is 2. The summed E-state index contributed by atoms with van der Waals surface area (Å²) in [5.41, 5.74) is 1.17. The van der Waals surface area contributed by atoms with E-state index in [0.717, 1.165) is 16.0 Å². The molecule has 3 aliphatic heterocycles. The summed E-state index contributed by atoms with van der Waals surface area (Å²) in [4.78, 5) is 44.1. The van der Waals surface area contributed by atoms with Crippen LogP contribution >= 0.6 is 0 Å². The first-order chi connectivity index (χ1) is 19.7. The molecule has 0 aliphatic carbocycles. The SMILES string of the molecule is CC[C@@]1(O)C(=O)OCc2c1cc1n(c2=O)Cc2c-1nc1cc(F)c(N(Cc3ccccc3)C(=O)O)c3c1c2CCO3. The molecule has 4 aromatic rings. The Balaban J connectivity index is 1.44. The fourth-order valence-corrected chi connectivity index (χ4v) is 6.19. The molecular weight excluding hydrogens is 533 g/mol. The van der Waals surface area contributed by atoms with Gasteiger partial charge in [-0.1, -0.05) is 37.3 Å². The van der Waals surface area contributed by atoms with Crippen LogP contribution in [0, 0.1) is 5.82 Å². The molecule has 0 saturated carbocycles. The van der Waals surface area contributed by atoms with Gasteiger partial charge in [-0.15, -0.1) is 0 Å². The monoisotopic (exact) mass is 557 g/mol. The predicted octanol–water partition coefficient (Wildman–Crippen LogP) is 3.84. The summed E-state index contributed by atoms with van der Waals surface area (Å²) in [6, 6.07) is 11.7. The standard InChI is InChI=1S/C30H24FN3O7/c1-2-30(39)19-10-22-24-17(13-33(22)27(35)18(19)14-41-28(30)36)16-8-9-40-26-23(16)21(32-24)11-20(31)25(26)34(29(37)38)12-15-6-4-3-5-7-15/h3-7,10-11,39H,2,8-9,12-14H2,1H3,(H,37,38)/t30-/m0/s1. The summed E-state index contributed by atoms with van der Waals surface area (Å²) in [6.45, 7) is 1.65. The van der Waals surface area contributed by atoms with Gasteiger partial charge in [0.25, 0.3) is 5.56 Å². The number of aromatic nitrogens is 2. The van der Waals surface area contributed by atoms with Crippen LogP contribution in [-0.4, -0.2) is 38.4 Å². The van der Waals surface area contributed by atoms with Crippen LogP contribution in [0.15, 0.2) is 47.3 Å². The molecule has 0 radical (unpaired) electrons. The van der Waals surface area contributed by atoms with Gasteiger partial charge in [0.15, 0.2) is 17.2 Å². The maximum atomic E-state index is 15.8. The third kappa shape index (κ3) is 3.51. The smallest absolute Gasteiger partial charge is 0.412 e. The molecule has 10 nitrogen and oxygen atoms in total. The van der Waals surface area contributed by atoms with Gasteiger partial charge in [-0.2, -0.15) is 0 Å². The summed E-state index contributed by atoms with van der Waals surface area (Å²) >= 11 is 0. The van der Waals surface area contributed by atoms with Gasteiger partial charge in [-0.05, 0) is 23.6 Å². The van der Waals surface area contributed by atoms with Crippen molar-refractivity contribution in [1.29, 1.82) is 0 Å². The van der Waals surface area contributed by atoms with Gasteiger partial charge in [0.2, 0.25) is 0 Å². The molecular formula is C30H24FN3O7. The van der Waals surface area contributed by atoms with Crippen molar-refractivity contribution in [3.8, 4) is 17.1 Å². The van der Waals surface area contributed by atoms with Crippen LogP contribution in [-0.2, 0) is 41.2 Å². The van der Waals surface area contributed by atoms with Crippen molar-refractivity contribution >= 4 is 28.7 Å². The van der Waals surface area contributed by atoms with Crippen LogP contribution in [0.5, 0.6) is 5.75 Å². The normalized spacial score (nSPS) is 18.3. The zero-order valence-electron chi connectivity index (χ0n) is 21.9. The molecule has 3 aliphatic rings. The lowest BCUT2D eigenvalue weighted by Gasteiger charge is -2.31. The Bertz CT molecular complexity index is 1870. The number of cyclic esters (lactones) is 1. The van der Waals surface area contributed by atoms with E-state index in [-0.39, 0.29) is 60.8 Å². The number of aliphatic hydroxyl groups is 1. The molecule has 0 unspecified atom stereocenters. The van der Waals surface area contributed by atoms with Gasteiger partial charge in [-0.3, -0.25) is 9.69 Å². The van der Waals surface area contributed by atoms with E-state index in [1.54, 1.807) is 37.3 Å². The number of halogens is 1. The highest BCUT2D eigenvalue weighted by molar-refractivity contribution is 6.01. The van der Waals surface area contributed by atoms with E-state index in [0.29, 0.717) is 28.8 Å². The van der Waals surface area contributed by atoms with Crippen LogP contribution in [0.3, 0.4) is 0 Å². The third-order valence-electron chi connectivity index (χ3n) is 8.26. The van der Waals surface area contributed by atoms with Gasteiger partial charge in [0.1, 0.15) is 12.3 Å². The number of hydrogen-bond donors (Lipinski definition) is 2. The summed E-state index contributed by atoms with van der Waals surface area (Å²) < 4.78 is 28.4. The Morgan fingerprint density at radius 2 is 1.93 bits per heavy atom. The number of hydrogen-bond acceptors (Lipinski definition) is 7. The zero-order chi connectivity index (χ0) is 28.6. The van der Waals surface area contributed by atoms with Crippen molar-refractivity contribution in [3.63, 3.8) is 0 Å². The number of esters is 1. The van der Waals surface area contributed by atoms with E-state index >= 15 is 4.39 Å². The van der Waals surface area contributed by atoms with E-state index in [9.17, 15) is 24.6 Å². The van der Waals surface area contributed by atoms with E-state index in [2.05, 4.69) is 0 Å². The second-order valence-electron chi connectivity index (χ2n) is 10.4. The predicted molar refractivity (Wildman–Crippen MR) is 144 cm³/mol. The van der Waals surface area contributed by atoms with E-state index in [1.807, 2.05) is 6.07 Å². The summed E-state index contributed by atoms with van der Waals surface area (Å²) in [5, 5.41) is 21.7. The highest BCUT2D eigenvalue weighted by atomic mass is 19.1. The number of nitrogens with zero attached hydrogens (tertiary/aromatic N) is 3. The molecule has 2 N–H and O–H groups in total. The Kier molecular flexibility index (Phi) is 5.45. The lowest BCUT2D eigenvalue weighted by molar-refractivity contribution is -0.172. The first kappa shape index (κ1) is 25.2. The number of carbonyl (C=O) groups excluding carboxylic acids is 1. The minimum atomic E-state index is -1.96. The maximum absolute atomic E-state index is 15.8. The molecule has 7 rings (SSSR count). The summed E-state index contributed by atoms with van der Waals surface area (Å²) in [7, 11) is 0. The fraction of sp³-hybridized carbons (Fsp3) is 0.267. The van der Waals surface area contributed by atoms with Crippen molar-refractivity contribution in [3.05, 3.63) is 86.5 Å². The molecule has 0 saturated heterocycles. The zero-order valence-corrected chi connectivity index (χ0v) is 21.9. The lowest BCUT2D eigenvalue weighted by atomic mass is 9.86. The van der Waals surface area contributed by atoms with Gasteiger partial charge in [0.05, 0.1) is 42.2 Å². The molecule has 5 heterocycles. The van der Waals surface area contributed by atoms with E-state index in [1.165, 1.54) is 10.6 Å². The molecule has 11 heteroatoms. The van der Waals surface area contributed by atoms with Crippen molar-refractivity contribution < 1.29 is 33.7 Å². The second-order valence-corrected chi connectivity index (χ2v) is 10.4. The van der Waals surface area contributed by atoms with Crippen LogP contribution < -0.4 is 15.2 Å². The average Bonchev–Trinajstić information content (AvgIpc) is 3.34. The number of pyridine rings is 2. The molecule has 2 aromatic carbocycles. The maximum Gasteiger partial charge on any atom is 0.412 e. The number of rotatable bonds is 4. The molecule has 0 bridgehead atoms. The topological polar surface area (TPSA) is 131 Å². The van der Waals surface area contributed by atoms with Crippen LogP contribution in [0.25, 0.3) is 22.3 Å². The van der Waals surface area contributed by atoms with Crippen molar-refractivity contribution in [2.24, 2.45) is 0 Å². The number of carbonyl (C=O) groups is 2. The molecule has 41 heavy (non-hydrogen) atoms. The third-order valence-corrected chi connectivity index (χ3v) is 8.26. The van der Waals surface area contributed by atoms with Gasteiger partial charge in [-0.25, -0.2) is 19.0 Å². The minimum absolute atomic E-state index is 0.0166. The van der Waals surface area contributed by atoms with Crippen molar-refractivity contribution in [2.75, 3.05) is 11.5 Å². The Morgan fingerprint density at radius 3 is 2.66 bits per heavy atom. The lowest BCUT2D eigenvalue weighted by Crippen LogP contribution is -2.44. The van der Waals surface area contributed by atoms with Crippen LogP contribution in [0.2, 0.25) is 0 Å². The number of amides is 1. The molecule has 0 fully saturated rings. The first-order valence-electron chi connectivity index (χ1n) is 13.2. The first-order valence-corrected chi connectivity index (χ1v) is 13.2. The van der Waals surface area contributed by atoms with Gasteiger partial charge >= 0.3 is 12.1 Å². The fourth-order valence-electron chi connectivity index (χ4n) is 6.19. The van der Waals surface area contributed by atoms with Gasteiger partial charge < -0.3 is 24.3 Å². The van der Waals surface area contributed by atoms with Crippen molar-refractivity contribution in [1.82, 2.24) is 9.55 Å². The van der Waals surface area contributed by atoms with Crippen LogP contribution in [0.1, 0.15) is 41.2 Å². The Hall–Kier alpha value is -4.77. The average molecular weight is 558 g/mol. The quantitative estimate of drug-likeness (QED) is 0.319. The Morgan fingerprint density at radius 1 is 1.15 bits per heavy atom.